The number of amides is 1. The molecular weight excluding hydrogens is 650 g/mol. The lowest BCUT2D eigenvalue weighted by atomic mass is 9.82. The van der Waals surface area contributed by atoms with Gasteiger partial charge in [-0.25, -0.2) is 4.79 Å². The predicted octanol–water partition coefficient (Wildman–Crippen LogP) is 7.36. The van der Waals surface area contributed by atoms with Crippen LogP contribution in [-0.2, 0) is 14.3 Å². The van der Waals surface area contributed by atoms with Crippen LogP contribution in [0.15, 0.2) is 103 Å². The Morgan fingerprint density at radius 2 is 1.27 bits per heavy atom. The molecule has 0 bridgehead atoms. The maximum atomic E-state index is 13.3. The molecule has 1 aliphatic carbocycles. The van der Waals surface area contributed by atoms with Gasteiger partial charge in [0.25, 0.3) is 5.91 Å². The fourth-order valence-corrected chi connectivity index (χ4v) is 5.86. The van der Waals surface area contributed by atoms with E-state index in [4.69, 9.17) is 18.9 Å². The maximum absolute atomic E-state index is 13.3. The lowest BCUT2D eigenvalue weighted by molar-refractivity contribution is -0.145. The van der Waals surface area contributed by atoms with Crippen LogP contribution < -0.4 is 19.1 Å². The molecule has 4 aromatic rings. The number of anilines is 1. The molecule has 1 fully saturated rings. The van der Waals surface area contributed by atoms with E-state index in [0.29, 0.717) is 77.4 Å². The van der Waals surface area contributed by atoms with Crippen molar-refractivity contribution in [2.24, 2.45) is 11.8 Å². The Kier molecular flexibility index (Phi) is 12.1. The number of esters is 3. The van der Waals surface area contributed by atoms with Gasteiger partial charge in [0.1, 0.15) is 17.2 Å². The van der Waals surface area contributed by atoms with Crippen LogP contribution in [0.5, 0.6) is 17.2 Å². The van der Waals surface area contributed by atoms with Crippen LogP contribution in [0.3, 0.4) is 0 Å². The number of hydrogen-bond donors (Lipinski definition) is 0. The fraction of sp³-hybridized carbons (Fsp3) is 0.244. The van der Waals surface area contributed by atoms with Gasteiger partial charge in [-0.05, 0) is 111 Å². The highest BCUT2D eigenvalue weighted by Crippen LogP contribution is 2.33. The second-order valence-corrected chi connectivity index (χ2v) is 12.0. The van der Waals surface area contributed by atoms with E-state index in [0.717, 1.165) is 0 Å². The molecule has 0 saturated heterocycles. The zero-order chi connectivity index (χ0) is 36.3. The van der Waals surface area contributed by atoms with Crippen molar-refractivity contribution in [3.63, 3.8) is 0 Å². The van der Waals surface area contributed by atoms with Gasteiger partial charge in [0.15, 0.2) is 5.78 Å². The third-order valence-corrected chi connectivity index (χ3v) is 8.78. The first kappa shape index (κ1) is 36.3. The minimum atomic E-state index is -0.459. The van der Waals surface area contributed by atoms with E-state index in [1.54, 1.807) is 102 Å². The lowest BCUT2D eigenvalue weighted by Gasteiger charge is -2.26. The number of methoxy groups -OCH3 is 2. The molecule has 0 N–H and O–H groups in total. The maximum Gasteiger partial charge on any atom is 0.337 e. The van der Waals surface area contributed by atoms with Crippen LogP contribution in [0.4, 0.5) is 5.69 Å². The monoisotopic (exact) mass is 689 g/mol. The van der Waals surface area contributed by atoms with Gasteiger partial charge < -0.3 is 23.8 Å². The molecule has 1 aliphatic rings. The molecule has 0 heterocycles. The number of allylic oxidation sites excluding steroid dienone is 1. The molecule has 10 nitrogen and oxygen atoms in total. The summed E-state index contributed by atoms with van der Waals surface area (Å²) in [6.45, 7) is 2.25. The molecule has 0 atom stereocenters. The largest absolute Gasteiger partial charge is 0.497 e. The summed E-state index contributed by atoms with van der Waals surface area (Å²) in [6.07, 6.45) is 4.84. The number of nitrogens with zero attached hydrogens (tertiary/aromatic N) is 1. The molecule has 262 valence electrons. The first-order valence-corrected chi connectivity index (χ1v) is 16.7. The topological polar surface area (TPSA) is 126 Å². The van der Waals surface area contributed by atoms with Crippen LogP contribution in [0.25, 0.3) is 6.08 Å². The summed E-state index contributed by atoms with van der Waals surface area (Å²) in [5.74, 6) is -1.31. The molecule has 0 radical (unpaired) electrons. The molecule has 0 aromatic heterocycles. The molecule has 4 aromatic carbocycles. The third kappa shape index (κ3) is 9.16. The van der Waals surface area contributed by atoms with Gasteiger partial charge in [-0.2, -0.15) is 0 Å². The molecule has 10 heteroatoms. The zero-order valence-corrected chi connectivity index (χ0v) is 28.7. The average Bonchev–Trinajstić information content (AvgIpc) is 3.18. The summed E-state index contributed by atoms with van der Waals surface area (Å²) in [5, 5.41) is 0. The summed E-state index contributed by atoms with van der Waals surface area (Å²) in [6, 6.07) is 26.8. The molecular formula is C41H39NO9. The van der Waals surface area contributed by atoms with Crippen molar-refractivity contribution in [3.8, 4) is 17.2 Å². The summed E-state index contributed by atoms with van der Waals surface area (Å²) < 4.78 is 21.5. The van der Waals surface area contributed by atoms with E-state index in [9.17, 15) is 24.0 Å². The molecule has 0 unspecified atom stereocenters. The van der Waals surface area contributed by atoms with Gasteiger partial charge >= 0.3 is 17.9 Å². The minimum absolute atomic E-state index is 0.186. The van der Waals surface area contributed by atoms with E-state index in [1.807, 2.05) is 13.0 Å². The highest BCUT2D eigenvalue weighted by molar-refractivity contribution is 6.07. The van der Waals surface area contributed by atoms with Crippen molar-refractivity contribution >= 4 is 41.4 Å². The molecule has 1 amide bonds. The average molecular weight is 690 g/mol. The minimum Gasteiger partial charge on any atom is -0.497 e. The van der Waals surface area contributed by atoms with E-state index in [2.05, 4.69) is 0 Å². The Labute approximate surface area is 296 Å². The Bertz CT molecular complexity index is 1890. The second-order valence-electron chi connectivity index (χ2n) is 12.0. The van der Waals surface area contributed by atoms with Crippen molar-refractivity contribution in [3.05, 3.63) is 125 Å². The molecule has 1 saturated carbocycles. The van der Waals surface area contributed by atoms with Crippen molar-refractivity contribution in [1.29, 1.82) is 0 Å². The summed E-state index contributed by atoms with van der Waals surface area (Å²) in [4.78, 5) is 65.4. The van der Waals surface area contributed by atoms with E-state index < -0.39 is 23.8 Å². The molecule has 0 aliphatic heterocycles. The highest BCUT2D eigenvalue weighted by atomic mass is 16.5. The number of ketones is 1. The number of ether oxygens (including phenoxy) is 4. The first-order valence-electron chi connectivity index (χ1n) is 16.7. The Morgan fingerprint density at radius 1 is 0.686 bits per heavy atom. The van der Waals surface area contributed by atoms with Crippen molar-refractivity contribution in [2.75, 3.05) is 25.7 Å². The summed E-state index contributed by atoms with van der Waals surface area (Å²) >= 11 is 0. The van der Waals surface area contributed by atoms with Gasteiger partial charge in [0, 0.05) is 28.9 Å². The van der Waals surface area contributed by atoms with Crippen LogP contribution in [0.2, 0.25) is 0 Å². The normalized spacial score (nSPS) is 15.4. The SMILES string of the molecule is CCN(C(=O)c1ccc(OC(=O)C2CCC(C(=O)Oc3ccc(OC)cc3/C=C/C(=O)c3ccccc3)CC2)cc1)c1ccc(C(=O)OC)cc1. The smallest absolute Gasteiger partial charge is 0.337 e. The highest BCUT2D eigenvalue weighted by Gasteiger charge is 2.32. The number of carbonyl (C=O) groups is 5. The van der Waals surface area contributed by atoms with Gasteiger partial charge in [0.2, 0.25) is 0 Å². The number of rotatable bonds is 12. The number of hydrogen-bond acceptors (Lipinski definition) is 9. The van der Waals surface area contributed by atoms with E-state index in [-0.39, 0.29) is 17.6 Å². The number of carbonyl (C=O) groups excluding carboxylic acids is 5. The quantitative estimate of drug-likeness (QED) is 0.0649. The third-order valence-electron chi connectivity index (χ3n) is 8.78. The lowest BCUT2D eigenvalue weighted by Crippen LogP contribution is -2.31. The van der Waals surface area contributed by atoms with Crippen molar-refractivity contribution < 1.29 is 42.9 Å². The van der Waals surface area contributed by atoms with Crippen LogP contribution >= 0.6 is 0 Å². The van der Waals surface area contributed by atoms with Crippen molar-refractivity contribution in [1.82, 2.24) is 0 Å². The van der Waals surface area contributed by atoms with Gasteiger partial charge in [0.05, 0.1) is 31.6 Å². The fourth-order valence-electron chi connectivity index (χ4n) is 5.86. The van der Waals surface area contributed by atoms with Crippen LogP contribution in [0.1, 0.15) is 69.2 Å². The van der Waals surface area contributed by atoms with Gasteiger partial charge in [-0.1, -0.05) is 30.3 Å². The second kappa shape index (κ2) is 17.1. The molecule has 51 heavy (non-hydrogen) atoms. The zero-order valence-electron chi connectivity index (χ0n) is 28.7. The van der Waals surface area contributed by atoms with Gasteiger partial charge in [-0.15, -0.1) is 0 Å². The van der Waals surface area contributed by atoms with E-state index in [1.165, 1.54) is 20.3 Å². The Balaban J connectivity index is 1.14. The number of benzene rings is 4. The van der Waals surface area contributed by atoms with Gasteiger partial charge in [-0.3, -0.25) is 19.2 Å². The first-order chi connectivity index (χ1) is 24.7. The van der Waals surface area contributed by atoms with Crippen LogP contribution in [-0.4, -0.2) is 50.4 Å². The van der Waals surface area contributed by atoms with Crippen LogP contribution in [0, 0.1) is 11.8 Å². The molecule has 5 rings (SSSR count). The Morgan fingerprint density at radius 3 is 1.86 bits per heavy atom. The van der Waals surface area contributed by atoms with Crippen molar-refractivity contribution in [2.45, 2.75) is 32.6 Å². The predicted molar refractivity (Wildman–Crippen MR) is 191 cm³/mol. The molecule has 0 spiro atoms. The summed E-state index contributed by atoms with van der Waals surface area (Å²) in [5.41, 5.74) is 2.48. The standard InChI is InChI=1S/C41H39NO9/c1-4-42(33-19-14-29(15-20-33)39(45)49-3)38(44)28-16-21-34(22-17-28)50-40(46)30-10-12-31(13-11-30)41(47)51-37-25-23-35(48-2)26-32(37)18-24-36(43)27-8-6-5-7-9-27/h5-9,14-26,30-31H,4,10-13H2,1-3H3/b24-18+. The summed E-state index contributed by atoms with van der Waals surface area (Å²) in [7, 11) is 2.84. The Hall–Kier alpha value is -6.03. The van der Waals surface area contributed by atoms with E-state index >= 15 is 0 Å².